The van der Waals surface area contributed by atoms with Crippen LogP contribution >= 0.6 is 0 Å². The van der Waals surface area contributed by atoms with Gasteiger partial charge in [-0.2, -0.15) is 0 Å². The summed E-state index contributed by atoms with van der Waals surface area (Å²) in [6.07, 6.45) is 0.477. The van der Waals surface area contributed by atoms with Gasteiger partial charge in [-0.15, -0.1) is 0 Å². The van der Waals surface area contributed by atoms with E-state index in [1.807, 2.05) is 24.3 Å². The molecule has 0 fully saturated rings. The summed E-state index contributed by atoms with van der Waals surface area (Å²) in [6.45, 7) is 6.94. The molecule has 1 aromatic carbocycles. The van der Waals surface area contributed by atoms with Crippen molar-refractivity contribution in [3.05, 3.63) is 24.3 Å². The van der Waals surface area contributed by atoms with Crippen LogP contribution in [0.25, 0.3) is 0 Å². The molecular weight excluding hydrogens is 240 g/mol. The summed E-state index contributed by atoms with van der Waals surface area (Å²) in [7, 11) is 3.41. The summed E-state index contributed by atoms with van der Waals surface area (Å²) in [4.78, 5) is 13.7. The summed E-state index contributed by atoms with van der Waals surface area (Å²) in [6, 6.07) is 7.50. The minimum atomic E-state index is 0.0365. The normalized spacial score (nSPS) is 11.2. The van der Waals surface area contributed by atoms with Crippen LogP contribution in [0.5, 0.6) is 5.75 Å². The van der Waals surface area contributed by atoms with E-state index in [0.717, 1.165) is 11.4 Å². The van der Waals surface area contributed by atoms with Crippen molar-refractivity contribution < 1.29 is 9.53 Å². The molecule has 0 aliphatic rings. The Bertz CT molecular complexity index is 424. The molecule has 0 aliphatic heterocycles. The zero-order valence-corrected chi connectivity index (χ0v) is 12.5. The second kappa shape index (κ2) is 6.57. The number of carbonyl (C=O) groups is 1. The van der Waals surface area contributed by atoms with Crippen molar-refractivity contribution in [2.24, 2.45) is 0 Å². The Balaban J connectivity index is 2.56. The molecule has 0 bridgehead atoms. The van der Waals surface area contributed by atoms with E-state index < -0.39 is 0 Å². The fraction of sp³-hybridized carbons (Fsp3) is 0.533. The first kappa shape index (κ1) is 15.5. The van der Waals surface area contributed by atoms with E-state index in [4.69, 9.17) is 4.74 Å². The zero-order chi connectivity index (χ0) is 14.5. The molecule has 19 heavy (non-hydrogen) atoms. The van der Waals surface area contributed by atoms with Crippen LogP contribution in [0.3, 0.4) is 0 Å². The van der Waals surface area contributed by atoms with Crippen LogP contribution in [0.15, 0.2) is 24.3 Å². The quantitative estimate of drug-likeness (QED) is 0.888. The predicted molar refractivity (Wildman–Crippen MR) is 78.8 cm³/mol. The number of anilines is 1. The lowest BCUT2D eigenvalue weighted by Crippen LogP contribution is -2.38. The van der Waals surface area contributed by atoms with Gasteiger partial charge >= 0.3 is 0 Å². The average Bonchev–Trinajstić information content (AvgIpc) is 2.36. The average molecular weight is 264 g/mol. The van der Waals surface area contributed by atoms with Crippen LogP contribution in [0.4, 0.5) is 5.69 Å². The Hall–Kier alpha value is -1.55. The summed E-state index contributed by atoms with van der Waals surface area (Å²) in [5, 5.41) is 3.31. The Labute approximate surface area is 115 Å². The number of ether oxygens (including phenoxy) is 1. The standard InChI is InChI=1S/C15H24N2O2/c1-15(2,3)16-10-9-14(18)17(4)12-7-6-8-13(11-12)19-5/h6-8,11,16H,9-10H2,1-5H3. The lowest BCUT2D eigenvalue weighted by Gasteiger charge is -2.22. The lowest BCUT2D eigenvalue weighted by molar-refractivity contribution is -0.118. The van der Waals surface area contributed by atoms with Gasteiger partial charge in [0.05, 0.1) is 7.11 Å². The molecule has 1 aromatic rings. The van der Waals surface area contributed by atoms with E-state index >= 15 is 0 Å². The van der Waals surface area contributed by atoms with Crippen LogP contribution in [0.2, 0.25) is 0 Å². The third kappa shape index (κ3) is 5.30. The summed E-state index contributed by atoms with van der Waals surface area (Å²) >= 11 is 0. The molecule has 4 nitrogen and oxygen atoms in total. The predicted octanol–water partition coefficient (Wildman–Crippen LogP) is 2.44. The van der Waals surface area contributed by atoms with E-state index in [-0.39, 0.29) is 11.4 Å². The highest BCUT2D eigenvalue weighted by Crippen LogP contribution is 2.20. The van der Waals surface area contributed by atoms with Crippen LogP contribution < -0.4 is 15.0 Å². The summed E-state index contributed by atoms with van der Waals surface area (Å²) in [5.74, 6) is 0.843. The highest BCUT2D eigenvalue weighted by atomic mass is 16.5. The molecule has 1 rings (SSSR count). The molecule has 106 valence electrons. The number of nitrogens with zero attached hydrogens (tertiary/aromatic N) is 1. The SMILES string of the molecule is COc1cccc(N(C)C(=O)CCNC(C)(C)C)c1. The maximum atomic E-state index is 12.1. The van der Waals surface area contributed by atoms with Gasteiger partial charge in [-0.25, -0.2) is 0 Å². The van der Waals surface area contributed by atoms with Crippen LogP contribution in [-0.4, -0.2) is 32.1 Å². The van der Waals surface area contributed by atoms with Crippen molar-refractivity contribution >= 4 is 11.6 Å². The van der Waals surface area contributed by atoms with Gasteiger partial charge in [0.2, 0.25) is 5.91 Å². The molecule has 0 heterocycles. The molecule has 0 unspecified atom stereocenters. The Morgan fingerprint density at radius 3 is 2.63 bits per heavy atom. The number of hydrogen-bond donors (Lipinski definition) is 1. The third-order valence-electron chi connectivity index (χ3n) is 2.81. The van der Waals surface area contributed by atoms with Crippen molar-refractivity contribution in [2.45, 2.75) is 32.7 Å². The molecule has 0 spiro atoms. The summed E-state index contributed by atoms with van der Waals surface area (Å²) in [5.41, 5.74) is 0.884. The Kier molecular flexibility index (Phi) is 5.36. The first-order chi connectivity index (χ1) is 8.83. The van der Waals surface area contributed by atoms with Gasteiger partial charge in [0.15, 0.2) is 0 Å². The molecule has 0 aromatic heterocycles. The molecule has 0 atom stereocenters. The van der Waals surface area contributed by atoms with Gasteiger partial charge in [-0.3, -0.25) is 4.79 Å². The monoisotopic (exact) mass is 264 g/mol. The number of benzene rings is 1. The van der Waals surface area contributed by atoms with E-state index in [2.05, 4.69) is 26.1 Å². The van der Waals surface area contributed by atoms with Crippen LogP contribution in [0, 0.1) is 0 Å². The maximum Gasteiger partial charge on any atom is 0.227 e. The van der Waals surface area contributed by atoms with E-state index in [1.165, 1.54) is 0 Å². The molecule has 0 radical (unpaired) electrons. The summed E-state index contributed by atoms with van der Waals surface area (Å²) < 4.78 is 5.16. The number of rotatable bonds is 5. The van der Waals surface area contributed by atoms with Gasteiger partial charge in [-0.1, -0.05) is 6.07 Å². The third-order valence-corrected chi connectivity index (χ3v) is 2.81. The second-order valence-electron chi connectivity index (χ2n) is 5.58. The van der Waals surface area contributed by atoms with Crippen molar-refractivity contribution in [3.63, 3.8) is 0 Å². The van der Waals surface area contributed by atoms with Crippen molar-refractivity contribution in [3.8, 4) is 5.75 Å². The smallest absolute Gasteiger partial charge is 0.227 e. The maximum absolute atomic E-state index is 12.1. The molecule has 0 aliphatic carbocycles. The largest absolute Gasteiger partial charge is 0.497 e. The van der Waals surface area contributed by atoms with Gasteiger partial charge in [-0.05, 0) is 32.9 Å². The van der Waals surface area contributed by atoms with E-state index in [1.54, 1.807) is 19.1 Å². The molecule has 1 N–H and O–H groups in total. The van der Waals surface area contributed by atoms with Gasteiger partial charge in [0.1, 0.15) is 5.75 Å². The Morgan fingerprint density at radius 1 is 1.37 bits per heavy atom. The topological polar surface area (TPSA) is 41.6 Å². The van der Waals surface area contributed by atoms with E-state index in [0.29, 0.717) is 13.0 Å². The second-order valence-corrected chi connectivity index (χ2v) is 5.58. The molecular formula is C15H24N2O2. The minimum absolute atomic E-state index is 0.0365. The number of carbonyl (C=O) groups excluding carboxylic acids is 1. The minimum Gasteiger partial charge on any atom is -0.497 e. The number of nitrogens with one attached hydrogen (secondary N) is 1. The molecule has 1 amide bonds. The number of amides is 1. The van der Waals surface area contributed by atoms with Crippen LogP contribution in [0.1, 0.15) is 27.2 Å². The van der Waals surface area contributed by atoms with Gasteiger partial charge in [0.25, 0.3) is 0 Å². The van der Waals surface area contributed by atoms with Gasteiger partial charge in [0, 0.05) is 37.3 Å². The van der Waals surface area contributed by atoms with Crippen LogP contribution in [-0.2, 0) is 4.79 Å². The molecule has 0 saturated heterocycles. The fourth-order valence-electron chi connectivity index (χ4n) is 1.68. The van der Waals surface area contributed by atoms with Crippen molar-refractivity contribution in [2.75, 3.05) is 25.6 Å². The Morgan fingerprint density at radius 2 is 2.05 bits per heavy atom. The first-order valence-electron chi connectivity index (χ1n) is 6.49. The van der Waals surface area contributed by atoms with Crippen molar-refractivity contribution in [1.29, 1.82) is 0 Å². The molecule has 0 saturated carbocycles. The number of methoxy groups -OCH3 is 1. The van der Waals surface area contributed by atoms with Crippen molar-refractivity contribution in [1.82, 2.24) is 5.32 Å². The fourth-order valence-corrected chi connectivity index (χ4v) is 1.68. The first-order valence-corrected chi connectivity index (χ1v) is 6.49. The lowest BCUT2D eigenvalue weighted by atomic mass is 10.1. The van der Waals surface area contributed by atoms with E-state index in [9.17, 15) is 4.79 Å². The highest BCUT2D eigenvalue weighted by Gasteiger charge is 2.13. The zero-order valence-electron chi connectivity index (χ0n) is 12.5. The van der Waals surface area contributed by atoms with Gasteiger partial charge < -0.3 is 15.0 Å². The number of hydrogen-bond acceptors (Lipinski definition) is 3. The molecule has 4 heteroatoms. The highest BCUT2D eigenvalue weighted by molar-refractivity contribution is 5.93.